The maximum absolute atomic E-state index is 14.2. The summed E-state index contributed by atoms with van der Waals surface area (Å²) in [6.45, 7) is 0.525. The minimum Gasteiger partial charge on any atom is -0.354 e. The summed E-state index contributed by atoms with van der Waals surface area (Å²) in [5.74, 6) is -2.80. The summed E-state index contributed by atoms with van der Waals surface area (Å²) in [4.78, 5) is 30.2. The Kier molecular flexibility index (Phi) is 5.75. The summed E-state index contributed by atoms with van der Waals surface area (Å²) in [7, 11) is 0. The zero-order valence-electron chi connectivity index (χ0n) is 16.3. The minimum absolute atomic E-state index is 0.0723. The summed E-state index contributed by atoms with van der Waals surface area (Å²) in [6.07, 6.45) is 0.926. The van der Waals surface area contributed by atoms with Gasteiger partial charge >= 0.3 is 0 Å². The highest BCUT2D eigenvalue weighted by molar-refractivity contribution is 5.89. The summed E-state index contributed by atoms with van der Waals surface area (Å²) in [6, 6.07) is 9.17. The molecular formula is C22H19F3N4O2. The van der Waals surface area contributed by atoms with Gasteiger partial charge in [-0.25, -0.2) is 4.39 Å². The Morgan fingerprint density at radius 3 is 2.58 bits per heavy atom. The first kappa shape index (κ1) is 20.6. The van der Waals surface area contributed by atoms with Gasteiger partial charge in [0.05, 0.1) is 11.3 Å². The van der Waals surface area contributed by atoms with Crippen LogP contribution >= 0.6 is 0 Å². The maximum atomic E-state index is 14.2. The molecule has 0 spiro atoms. The van der Waals surface area contributed by atoms with Gasteiger partial charge in [0, 0.05) is 18.7 Å². The van der Waals surface area contributed by atoms with E-state index in [4.69, 9.17) is 0 Å². The Morgan fingerprint density at radius 2 is 1.90 bits per heavy atom. The standard InChI is InChI=1S/C22H19F3N4O2/c23-14-4-1-12(2-5-14)20-13(3-8-19(30)27-16-9-10-26-22(16)31)11-17(28-20)15-6-7-18(24)29-21(15)25/h1-2,4-7,11,16,28H,3,8-10H2,(H,26,31)(H,27,30). The molecule has 6 nitrogen and oxygen atoms in total. The summed E-state index contributed by atoms with van der Waals surface area (Å²) < 4.78 is 40.7. The molecule has 0 saturated carbocycles. The first-order valence-electron chi connectivity index (χ1n) is 9.78. The molecule has 0 bridgehead atoms. The fourth-order valence-corrected chi connectivity index (χ4v) is 3.57. The quantitative estimate of drug-likeness (QED) is 0.528. The Bertz CT molecular complexity index is 1130. The summed E-state index contributed by atoms with van der Waals surface area (Å²) in [5, 5.41) is 5.35. The summed E-state index contributed by atoms with van der Waals surface area (Å²) >= 11 is 0. The number of nitrogens with zero attached hydrogens (tertiary/aromatic N) is 1. The molecular weight excluding hydrogens is 409 g/mol. The highest BCUT2D eigenvalue weighted by Crippen LogP contribution is 2.31. The molecule has 0 aliphatic carbocycles. The largest absolute Gasteiger partial charge is 0.354 e. The van der Waals surface area contributed by atoms with E-state index in [1.807, 2.05) is 0 Å². The van der Waals surface area contributed by atoms with Gasteiger partial charge in [0.1, 0.15) is 11.9 Å². The summed E-state index contributed by atoms with van der Waals surface area (Å²) in [5.41, 5.74) is 2.35. The zero-order chi connectivity index (χ0) is 22.0. The third kappa shape index (κ3) is 4.60. The average molecular weight is 428 g/mol. The van der Waals surface area contributed by atoms with Crippen LogP contribution in [0.2, 0.25) is 0 Å². The van der Waals surface area contributed by atoms with Crippen molar-refractivity contribution in [2.75, 3.05) is 6.54 Å². The molecule has 31 heavy (non-hydrogen) atoms. The van der Waals surface area contributed by atoms with Crippen molar-refractivity contribution in [1.29, 1.82) is 0 Å². The lowest BCUT2D eigenvalue weighted by molar-refractivity contribution is -0.127. The van der Waals surface area contributed by atoms with E-state index in [-0.39, 0.29) is 23.8 Å². The number of pyridine rings is 1. The van der Waals surface area contributed by atoms with E-state index >= 15 is 0 Å². The number of hydrogen-bond donors (Lipinski definition) is 3. The van der Waals surface area contributed by atoms with Crippen molar-refractivity contribution in [1.82, 2.24) is 20.6 Å². The molecule has 9 heteroatoms. The monoisotopic (exact) mass is 428 g/mol. The second-order valence-corrected chi connectivity index (χ2v) is 7.26. The number of rotatable bonds is 6. The number of hydrogen-bond acceptors (Lipinski definition) is 3. The molecule has 1 unspecified atom stereocenters. The third-order valence-electron chi connectivity index (χ3n) is 5.14. The molecule has 2 aromatic heterocycles. The maximum Gasteiger partial charge on any atom is 0.242 e. The Morgan fingerprint density at radius 1 is 1.13 bits per heavy atom. The highest BCUT2D eigenvalue weighted by atomic mass is 19.1. The number of H-pyrrole nitrogens is 1. The lowest BCUT2D eigenvalue weighted by atomic mass is 10.0. The molecule has 1 aromatic carbocycles. The topological polar surface area (TPSA) is 86.9 Å². The van der Waals surface area contributed by atoms with Crippen LogP contribution in [-0.4, -0.2) is 34.4 Å². The molecule has 3 N–H and O–H groups in total. The van der Waals surface area contributed by atoms with Crippen molar-refractivity contribution in [3.63, 3.8) is 0 Å². The van der Waals surface area contributed by atoms with Crippen LogP contribution in [0.25, 0.3) is 22.5 Å². The minimum atomic E-state index is -0.969. The molecule has 160 valence electrons. The Balaban J connectivity index is 1.60. The van der Waals surface area contributed by atoms with Gasteiger partial charge in [0.15, 0.2) is 0 Å². The van der Waals surface area contributed by atoms with Gasteiger partial charge in [0.25, 0.3) is 0 Å². The predicted octanol–water partition coefficient (Wildman–Crippen LogP) is 3.10. The van der Waals surface area contributed by atoms with Crippen LogP contribution in [0, 0.1) is 17.7 Å². The number of nitrogens with one attached hydrogen (secondary N) is 3. The van der Waals surface area contributed by atoms with Crippen molar-refractivity contribution >= 4 is 11.8 Å². The molecule has 4 rings (SSSR count). The fraction of sp³-hybridized carbons (Fsp3) is 0.227. The van der Waals surface area contributed by atoms with Crippen LogP contribution in [0.15, 0.2) is 42.5 Å². The van der Waals surface area contributed by atoms with Crippen LogP contribution in [0.3, 0.4) is 0 Å². The van der Waals surface area contributed by atoms with Crippen molar-refractivity contribution in [3.05, 3.63) is 65.7 Å². The van der Waals surface area contributed by atoms with E-state index in [9.17, 15) is 22.8 Å². The van der Waals surface area contributed by atoms with Gasteiger partial charge in [-0.3, -0.25) is 9.59 Å². The van der Waals surface area contributed by atoms with Crippen molar-refractivity contribution < 1.29 is 22.8 Å². The number of carbonyl (C=O) groups is 2. The number of aromatic nitrogens is 2. The first-order chi connectivity index (χ1) is 14.9. The van der Waals surface area contributed by atoms with E-state index < -0.39 is 23.8 Å². The smallest absolute Gasteiger partial charge is 0.242 e. The van der Waals surface area contributed by atoms with Gasteiger partial charge in [-0.1, -0.05) is 0 Å². The van der Waals surface area contributed by atoms with Gasteiger partial charge in [-0.2, -0.15) is 13.8 Å². The van der Waals surface area contributed by atoms with Crippen LogP contribution in [0.1, 0.15) is 18.4 Å². The molecule has 1 saturated heterocycles. The first-order valence-corrected chi connectivity index (χ1v) is 9.78. The van der Waals surface area contributed by atoms with Crippen LogP contribution < -0.4 is 10.6 Å². The zero-order valence-corrected chi connectivity index (χ0v) is 16.3. The Hall–Kier alpha value is -3.62. The molecule has 3 aromatic rings. The van der Waals surface area contributed by atoms with E-state index in [2.05, 4.69) is 20.6 Å². The average Bonchev–Trinajstić information content (AvgIpc) is 3.33. The lowest BCUT2D eigenvalue weighted by Gasteiger charge is -2.10. The van der Waals surface area contributed by atoms with Gasteiger partial charge in [0.2, 0.25) is 23.7 Å². The number of aromatic amines is 1. The molecule has 1 fully saturated rings. The van der Waals surface area contributed by atoms with E-state index in [0.717, 1.165) is 6.07 Å². The van der Waals surface area contributed by atoms with Gasteiger partial charge in [-0.05, 0) is 66.4 Å². The SMILES string of the molecule is O=C(CCc1cc(-c2ccc(F)nc2F)[nH]c1-c1ccc(F)cc1)NC1CCNC1=O. The predicted molar refractivity (Wildman–Crippen MR) is 107 cm³/mol. The number of benzene rings is 1. The second-order valence-electron chi connectivity index (χ2n) is 7.26. The second kappa shape index (κ2) is 8.63. The highest BCUT2D eigenvalue weighted by Gasteiger charge is 2.25. The number of aryl methyl sites for hydroxylation is 1. The Labute approximate surface area is 175 Å². The van der Waals surface area contributed by atoms with Crippen LogP contribution in [-0.2, 0) is 16.0 Å². The van der Waals surface area contributed by atoms with Crippen molar-refractivity contribution in [3.8, 4) is 22.5 Å². The van der Waals surface area contributed by atoms with E-state index in [1.165, 1.54) is 18.2 Å². The molecule has 0 radical (unpaired) electrons. The normalized spacial score (nSPS) is 15.7. The molecule has 3 heterocycles. The fourth-order valence-electron chi connectivity index (χ4n) is 3.57. The van der Waals surface area contributed by atoms with Crippen LogP contribution in [0.4, 0.5) is 13.2 Å². The molecule has 1 aliphatic rings. The molecule has 2 amide bonds. The third-order valence-corrected chi connectivity index (χ3v) is 5.14. The van der Waals surface area contributed by atoms with Crippen LogP contribution in [0.5, 0.6) is 0 Å². The van der Waals surface area contributed by atoms with Gasteiger partial charge in [-0.15, -0.1) is 0 Å². The molecule has 1 aliphatic heterocycles. The van der Waals surface area contributed by atoms with Crippen molar-refractivity contribution in [2.24, 2.45) is 0 Å². The molecule has 1 atom stereocenters. The number of halogens is 3. The van der Waals surface area contributed by atoms with E-state index in [1.54, 1.807) is 18.2 Å². The lowest BCUT2D eigenvalue weighted by Crippen LogP contribution is -2.40. The number of carbonyl (C=O) groups excluding carboxylic acids is 2. The van der Waals surface area contributed by atoms with Gasteiger partial charge < -0.3 is 15.6 Å². The van der Waals surface area contributed by atoms with Crippen molar-refractivity contribution in [2.45, 2.75) is 25.3 Å². The number of amides is 2. The van der Waals surface area contributed by atoms with E-state index in [0.29, 0.717) is 41.9 Å².